The van der Waals surface area contributed by atoms with Crippen molar-refractivity contribution in [3.8, 4) is 28.0 Å². The molecule has 0 N–H and O–H groups in total. The smallest absolute Gasteiger partial charge is 0.119 e. The van der Waals surface area contributed by atoms with E-state index in [1.54, 1.807) is 0 Å². The molecule has 0 heterocycles. The van der Waals surface area contributed by atoms with Crippen molar-refractivity contribution >= 4 is 31.9 Å². The molecule has 3 heteroatoms. The molecule has 0 aliphatic carbocycles. The van der Waals surface area contributed by atoms with Crippen molar-refractivity contribution in [3.05, 3.63) is 87.3 Å². The summed E-state index contributed by atoms with van der Waals surface area (Å²) in [6, 6.07) is 23.3. The van der Waals surface area contributed by atoms with Crippen molar-refractivity contribution in [1.82, 2.24) is 0 Å². The lowest BCUT2D eigenvalue weighted by atomic mass is 10.0. The number of hydrogen-bond donors (Lipinski definition) is 0. The van der Waals surface area contributed by atoms with E-state index in [1.807, 2.05) is 6.07 Å². The van der Waals surface area contributed by atoms with Crippen LogP contribution in [-0.2, 0) is 0 Å². The van der Waals surface area contributed by atoms with Crippen molar-refractivity contribution < 1.29 is 4.74 Å². The van der Waals surface area contributed by atoms with E-state index in [1.165, 1.54) is 34.2 Å². The van der Waals surface area contributed by atoms with Crippen molar-refractivity contribution in [3.63, 3.8) is 0 Å². The van der Waals surface area contributed by atoms with E-state index in [-0.39, 0.29) is 0 Å². The molecule has 0 fully saturated rings. The first kappa shape index (κ1) is 23.8. The average Bonchev–Trinajstić information content (AvgIpc) is 2.76. The number of hydrogen-bond acceptors (Lipinski definition) is 1. The lowest BCUT2D eigenvalue weighted by Gasteiger charge is -2.12. The Balaban J connectivity index is 1.55. The van der Waals surface area contributed by atoms with Gasteiger partial charge in [0.2, 0.25) is 0 Å². The van der Waals surface area contributed by atoms with Gasteiger partial charge in [-0.05, 0) is 91.6 Å². The Labute approximate surface area is 203 Å². The predicted molar refractivity (Wildman–Crippen MR) is 141 cm³/mol. The third kappa shape index (κ3) is 7.36. The fourth-order valence-corrected chi connectivity index (χ4v) is 4.32. The fourth-order valence-electron chi connectivity index (χ4n) is 3.48. The first-order chi connectivity index (χ1) is 14.9. The van der Waals surface area contributed by atoms with Gasteiger partial charge in [0, 0.05) is 8.95 Å². The zero-order chi connectivity index (χ0) is 22.2. The summed E-state index contributed by atoms with van der Waals surface area (Å²) in [5.74, 6) is 1.62. The number of ether oxygens (including phenoxy) is 1. The largest absolute Gasteiger partial charge is 0.494 e. The maximum Gasteiger partial charge on any atom is 0.119 e. The lowest BCUT2D eigenvalue weighted by molar-refractivity contribution is 0.279. The molecule has 0 radical (unpaired) electrons. The van der Waals surface area contributed by atoms with E-state index in [0.717, 1.165) is 34.1 Å². The van der Waals surface area contributed by atoms with Crippen LogP contribution in [0.3, 0.4) is 0 Å². The van der Waals surface area contributed by atoms with Crippen LogP contribution in [0.2, 0.25) is 0 Å². The standard InChI is InChI=1S/C28H30Br2O/c1-20(2)5-4-6-21(3)17-18-31-26-14-11-23(12-15-26)22-7-9-24(10-8-22)27-19-25(29)13-16-28(27)30/h5,7-16,19,21H,4,6,17-18H2,1-3H3/t21-/m1/s1. The van der Waals surface area contributed by atoms with Crippen molar-refractivity contribution in [2.75, 3.05) is 6.61 Å². The van der Waals surface area contributed by atoms with E-state index < -0.39 is 0 Å². The molecule has 0 saturated heterocycles. The second-order valence-electron chi connectivity index (χ2n) is 8.33. The Morgan fingerprint density at radius 2 is 1.45 bits per heavy atom. The Hall–Kier alpha value is -1.84. The zero-order valence-corrected chi connectivity index (χ0v) is 21.7. The van der Waals surface area contributed by atoms with Gasteiger partial charge in [0.1, 0.15) is 5.75 Å². The van der Waals surface area contributed by atoms with Crippen LogP contribution in [0.4, 0.5) is 0 Å². The lowest BCUT2D eigenvalue weighted by Crippen LogP contribution is -2.04. The first-order valence-corrected chi connectivity index (χ1v) is 12.4. The molecule has 31 heavy (non-hydrogen) atoms. The highest BCUT2D eigenvalue weighted by molar-refractivity contribution is 9.11. The maximum atomic E-state index is 5.97. The van der Waals surface area contributed by atoms with Gasteiger partial charge in [-0.15, -0.1) is 0 Å². The molecular formula is C28H30Br2O. The molecule has 3 rings (SSSR count). The number of allylic oxidation sites excluding steroid dienone is 2. The third-order valence-electron chi connectivity index (χ3n) is 5.40. The Morgan fingerprint density at radius 1 is 0.839 bits per heavy atom. The molecule has 1 nitrogen and oxygen atoms in total. The van der Waals surface area contributed by atoms with Crippen LogP contribution in [0.25, 0.3) is 22.3 Å². The molecule has 162 valence electrons. The number of benzene rings is 3. The van der Waals surface area contributed by atoms with Crippen molar-refractivity contribution in [1.29, 1.82) is 0 Å². The van der Waals surface area contributed by atoms with E-state index in [4.69, 9.17) is 4.74 Å². The van der Waals surface area contributed by atoms with Gasteiger partial charge in [-0.25, -0.2) is 0 Å². The van der Waals surface area contributed by atoms with Gasteiger partial charge < -0.3 is 4.74 Å². The molecule has 0 aromatic heterocycles. The molecule has 1 atom stereocenters. The van der Waals surface area contributed by atoms with Crippen LogP contribution in [0.5, 0.6) is 5.75 Å². The summed E-state index contributed by atoms with van der Waals surface area (Å²) in [6.07, 6.45) is 5.79. The van der Waals surface area contributed by atoms with Crippen molar-refractivity contribution in [2.45, 2.75) is 40.0 Å². The van der Waals surface area contributed by atoms with Gasteiger partial charge in [-0.2, -0.15) is 0 Å². The summed E-state index contributed by atoms with van der Waals surface area (Å²) in [5.41, 5.74) is 6.17. The summed E-state index contributed by atoms with van der Waals surface area (Å²) in [7, 11) is 0. The van der Waals surface area contributed by atoms with Crippen LogP contribution in [0.15, 0.2) is 87.3 Å². The molecule has 3 aromatic rings. The highest BCUT2D eigenvalue weighted by Crippen LogP contribution is 2.32. The van der Waals surface area contributed by atoms with E-state index in [2.05, 4.69) is 119 Å². The highest BCUT2D eigenvalue weighted by Gasteiger charge is 2.06. The first-order valence-electron chi connectivity index (χ1n) is 10.8. The van der Waals surface area contributed by atoms with Gasteiger partial charge in [-0.3, -0.25) is 0 Å². The summed E-state index contributed by atoms with van der Waals surface area (Å²) in [5, 5.41) is 0. The molecule has 0 unspecified atom stereocenters. The van der Waals surface area contributed by atoms with E-state index in [9.17, 15) is 0 Å². The van der Waals surface area contributed by atoms with Crippen molar-refractivity contribution in [2.24, 2.45) is 5.92 Å². The SMILES string of the molecule is CC(C)=CCC[C@@H](C)CCOc1ccc(-c2ccc(-c3cc(Br)ccc3Br)cc2)cc1. The number of halogens is 2. The van der Waals surface area contributed by atoms with Crippen LogP contribution >= 0.6 is 31.9 Å². The minimum absolute atomic E-state index is 0.679. The molecule has 0 amide bonds. The third-order valence-corrected chi connectivity index (χ3v) is 6.59. The van der Waals surface area contributed by atoms with Gasteiger partial charge in [0.05, 0.1) is 6.61 Å². The minimum Gasteiger partial charge on any atom is -0.494 e. The maximum absolute atomic E-state index is 5.97. The Morgan fingerprint density at radius 3 is 2.10 bits per heavy atom. The highest BCUT2D eigenvalue weighted by atomic mass is 79.9. The topological polar surface area (TPSA) is 9.23 Å². The summed E-state index contributed by atoms with van der Waals surface area (Å²) < 4.78 is 8.14. The van der Waals surface area contributed by atoms with Crippen LogP contribution in [-0.4, -0.2) is 6.61 Å². The summed E-state index contributed by atoms with van der Waals surface area (Å²) in [6.45, 7) is 7.40. The monoisotopic (exact) mass is 540 g/mol. The number of rotatable bonds is 9. The average molecular weight is 542 g/mol. The molecule has 0 saturated carbocycles. The molecular weight excluding hydrogens is 512 g/mol. The minimum atomic E-state index is 0.679. The molecule has 0 bridgehead atoms. The Kier molecular flexibility index (Phi) is 8.98. The molecule has 0 aliphatic rings. The zero-order valence-electron chi connectivity index (χ0n) is 18.5. The quantitative estimate of drug-likeness (QED) is 0.245. The van der Waals surface area contributed by atoms with E-state index >= 15 is 0 Å². The Bertz CT molecular complexity index is 1000. The molecule has 0 aliphatic heterocycles. The summed E-state index contributed by atoms with van der Waals surface area (Å²) >= 11 is 7.21. The van der Waals surface area contributed by atoms with Gasteiger partial charge >= 0.3 is 0 Å². The van der Waals surface area contributed by atoms with Crippen LogP contribution in [0, 0.1) is 5.92 Å². The predicted octanol–water partition coefficient (Wildman–Crippen LogP) is 9.70. The van der Waals surface area contributed by atoms with Crippen LogP contribution < -0.4 is 4.74 Å². The van der Waals surface area contributed by atoms with Gasteiger partial charge in [0.25, 0.3) is 0 Å². The van der Waals surface area contributed by atoms with Crippen LogP contribution in [0.1, 0.15) is 40.0 Å². The fraction of sp³-hybridized carbons (Fsp3) is 0.286. The normalized spacial score (nSPS) is 11.8. The second-order valence-corrected chi connectivity index (χ2v) is 10.1. The molecule has 3 aromatic carbocycles. The van der Waals surface area contributed by atoms with Gasteiger partial charge in [0.15, 0.2) is 0 Å². The summed E-state index contributed by atoms with van der Waals surface area (Å²) in [4.78, 5) is 0. The van der Waals surface area contributed by atoms with E-state index in [0.29, 0.717) is 5.92 Å². The van der Waals surface area contributed by atoms with Gasteiger partial charge in [-0.1, -0.05) is 86.8 Å². The molecule has 0 spiro atoms. The second kappa shape index (κ2) is 11.7.